The summed E-state index contributed by atoms with van der Waals surface area (Å²) in [4.78, 5) is 11.6. The van der Waals surface area contributed by atoms with Crippen molar-refractivity contribution in [3.8, 4) is 0 Å². The maximum atomic E-state index is 11.6. The van der Waals surface area contributed by atoms with Gasteiger partial charge in [-0.25, -0.2) is 0 Å². The molecule has 1 amide bonds. The molecule has 0 aliphatic heterocycles. The summed E-state index contributed by atoms with van der Waals surface area (Å²) in [5.41, 5.74) is 1.25. The Bertz CT molecular complexity index is 504. The van der Waals surface area contributed by atoms with Crippen molar-refractivity contribution in [2.45, 2.75) is 6.54 Å². The summed E-state index contributed by atoms with van der Waals surface area (Å²) >= 11 is 5.68. The first-order valence-electron chi connectivity index (χ1n) is 4.66. The molecular formula is C10H10ClN3O2. The smallest absolute Gasteiger partial charge is 0.256 e. The molecule has 84 valence electrons. The molecule has 0 saturated carbocycles. The van der Waals surface area contributed by atoms with Gasteiger partial charge in [-0.05, 0) is 23.7 Å². The number of aromatic nitrogens is 2. The molecule has 0 fully saturated rings. The molecule has 0 atom stereocenters. The van der Waals surface area contributed by atoms with Crippen molar-refractivity contribution < 1.29 is 9.21 Å². The number of carbonyl (C=O) groups excluding carboxylic acids is 1. The lowest BCUT2D eigenvalue weighted by atomic mass is 10.3. The van der Waals surface area contributed by atoms with Gasteiger partial charge in [-0.1, -0.05) is 0 Å². The Morgan fingerprint density at radius 1 is 1.62 bits per heavy atom. The van der Waals surface area contributed by atoms with Crippen LogP contribution in [0.25, 0.3) is 0 Å². The minimum absolute atomic E-state index is 0.0995. The van der Waals surface area contributed by atoms with E-state index in [0.717, 1.165) is 5.69 Å². The van der Waals surface area contributed by atoms with E-state index in [1.807, 2.05) is 13.1 Å². The lowest BCUT2D eigenvalue weighted by molar-refractivity contribution is 0.0949. The summed E-state index contributed by atoms with van der Waals surface area (Å²) in [6.45, 7) is 0.400. The Hall–Kier alpha value is -1.75. The zero-order valence-corrected chi connectivity index (χ0v) is 9.36. The number of nitrogens with one attached hydrogen (secondary N) is 1. The third kappa shape index (κ3) is 2.09. The number of nitrogens with zero attached hydrogens (tertiary/aromatic N) is 2. The van der Waals surface area contributed by atoms with Gasteiger partial charge < -0.3 is 9.73 Å². The first-order chi connectivity index (χ1) is 7.68. The molecule has 5 nitrogen and oxygen atoms in total. The second kappa shape index (κ2) is 4.40. The van der Waals surface area contributed by atoms with Crippen LogP contribution in [0.4, 0.5) is 0 Å². The number of halogens is 1. The third-order valence-corrected chi connectivity index (χ3v) is 2.51. The SMILES string of the molecule is Cn1nccc1CNC(=O)c1ccoc1Cl. The van der Waals surface area contributed by atoms with Crippen molar-refractivity contribution in [2.24, 2.45) is 7.05 Å². The van der Waals surface area contributed by atoms with Crippen LogP contribution in [0, 0.1) is 0 Å². The normalized spacial score (nSPS) is 10.4. The third-order valence-electron chi connectivity index (χ3n) is 2.22. The molecule has 0 aliphatic rings. The van der Waals surface area contributed by atoms with E-state index < -0.39 is 0 Å². The first-order valence-corrected chi connectivity index (χ1v) is 5.04. The first kappa shape index (κ1) is 10.8. The van der Waals surface area contributed by atoms with Crippen LogP contribution in [0.3, 0.4) is 0 Å². The minimum atomic E-state index is -0.264. The summed E-state index contributed by atoms with van der Waals surface area (Å²) in [5.74, 6) is -0.264. The van der Waals surface area contributed by atoms with Crippen molar-refractivity contribution in [2.75, 3.05) is 0 Å². The van der Waals surface area contributed by atoms with Crippen molar-refractivity contribution >= 4 is 17.5 Å². The average Bonchev–Trinajstić information content (AvgIpc) is 2.84. The largest absolute Gasteiger partial charge is 0.452 e. The zero-order valence-electron chi connectivity index (χ0n) is 8.61. The van der Waals surface area contributed by atoms with Gasteiger partial charge in [-0.15, -0.1) is 0 Å². The molecule has 16 heavy (non-hydrogen) atoms. The molecule has 0 saturated heterocycles. The Labute approximate surface area is 97.0 Å². The van der Waals surface area contributed by atoms with E-state index in [4.69, 9.17) is 16.0 Å². The van der Waals surface area contributed by atoms with E-state index in [1.54, 1.807) is 10.9 Å². The number of hydrogen-bond acceptors (Lipinski definition) is 3. The number of carbonyl (C=O) groups is 1. The average molecular weight is 240 g/mol. The predicted octanol–water partition coefficient (Wildman–Crippen LogP) is 1.60. The topological polar surface area (TPSA) is 60.1 Å². The van der Waals surface area contributed by atoms with Gasteiger partial charge in [0.2, 0.25) is 5.22 Å². The molecule has 0 spiro atoms. The molecule has 2 heterocycles. The molecule has 0 aliphatic carbocycles. The molecule has 2 rings (SSSR count). The van der Waals surface area contributed by atoms with E-state index in [9.17, 15) is 4.79 Å². The monoisotopic (exact) mass is 239 g/mol. The second-order valence-electron chi connectivity index (χ2n) is 3.24. The predicted molar refractivity (Wildman–Crippen MR) is 58.1 cm³/mol. The van der Waals surface area contributed by atoms with Crippen LogP contribution < -0.4 is 5.32 Å². The van der Waals surface area contributed by atoms with E-state index in [1.165, 1.54) is 12.3 Å². The van der Waals surface area contributed by atoms with Crippen molar-refractivity contribution in [3.63, 3.8) is 0 Å². The van der Waals surface area contributed by atoms with Crippen LogP contribution >= 0.6 is 11.6 Å². The van der Waals surface area contributed by atoms with Crippen molar-refractivity contribution in [3.05, 3.63) is 41.1 Å². The Balaban J connectivity index is 1.99. The van der Waals surface area contributed by atoms with Crippen LogP contribution in [-0.2, 0) is 13.6 Å². The molecule has 0 radical (unpaired) electrons. The molecule has 2 aromatic rings. The summed E-state index contributed by atoms with van der Waals surface area (Å²) in [6.07, 6.45) is 3.05. The maximum Gasteiger partial charge on any atom is 0.256 e. The van der Waals surface area contributed by atoms with Gasteiger partial charge in [0.05, 0.1) is 24.1 Å². The number of rotatable bonds is 3. The molecule has 1 N–H and O–H groups in total. The second-order valence-corrected chi connectivity index (χ2v) is 3.58. The fourth-order valence-electron chi connectivity index (χ4n) is 1.30. The van der Waals surface area contributed by atoms with Crippen molar-refractivity contribution in [1.82, 2.24) is 15.1 Å². The van der Waals surface area contributed by atoms with Crippen molar-refractivity contribution in [1.29, 1.82) is 0 Å². The number of hydrogen-bond donors (Lipinski definition) is 1. The molecular weight excluding hydrogens is 230 g/mol. The molecule has 0 unspecified atom stereocenters. The number of aryl methyl sites for hydroxylation is 1. The number of furan rings is 1. The van der Waals surface area contributed by atoms with Gasteiger partial charge in [0.1, 0.15) is 0 Å². The highest BCUT2D eigenvalue weighted by atomic mass is 35.5. The van der Waals surface area contributed by atoms with Crippen LogP contribution in [0.5, 0.6) is 0 Å². The summed E-state index contributed by atoms with van der Waals surface area (Å²) in [6, 6.07) is 3.36. The van der Waals surface area contributed by atoms with Crippen LogP contribution in [0.2, 0.25) is 5.22 Å². The molecule has 6 heteroatoms. The highest BCUT2D eigenvalue weighted by Gasteiger charge is 2.12. The Morgan fingerprint density at radius 2 is 2.44 bits per heavy atom. The zero-order chi connectivity index (χ0) is 11.5. The lowest BCUT2D eigenvalue weighted by Crippen LogP contribution is -2.23. The van der Waals surface area contributed by atoms with Gasteiger partial charge in [-0.2, -0.15) is 5.10 Å². The fourth-order valence-corrected chi connectivity index (χ4v) is 1.50. The van der Waals surface area contributed by atoms with Crippen LogP contribution in [0.1, 0.15) is 16.1 Å². The fraction of sp³-hybridized carbons (Fsp3) is 0.200. The van der Waals surface area contributed by atoms with E-state index in [0.29, 0.717) is 12.1 Å². The minimum Gasteiger partial charge on any atom is -0.452 e. The lowest BCUT2D eigenvalue weighted by Gasteiger charge is -2.03. The molecule has 2 aromatic heterocycles. The van der Waals surface area contributed by atoms with Crippen LogP contribution in [-0.4, -0.2) is 15.7 Å². The highest BCUT2D eigenvalue weighted by Crippen LogP contribution is 2.16. The molecule has 0 bridgehead atoms. The van der Waals surface area contributed by atoms with Gasteiger partial charge >= 0.3 is 0 Å². The molecule has 0 aromatic carbocycles. The van der Waals surface area contributed by atoms with Gasteiger partial charge in [0, 0.05) is 13.2 Å². The summed E-state index contributed by atoms with van der Waals surface area (Å²) < 4.78 is 6.53. The highest BCUT2D eigenvalue weighted by molar-refractivity contribution is 6.32. The maximum absolute atomic E-state index is 11.6. The standard InChI is InChI=1S/C10H10ClN3O2/c1-14-7(2-4-13-14)6-12-10(15)8-3-5-16-9(8)11/h2-5H,6H2,1H3,(H,12,15). The van der Waals surface area contributed by atoms with Crippen LogP contribution in [0.15, 0.2) is 29.0 Å². The van der Waals surface area contributed by atoms with E-state index >= 15 is 0 Å². The number of amides is 1. The van der Waals surface area contributed by atoms with E-state index in [-0.39, 0.29) is 11.1 Å². The summed E-state index contributed by atoms with van der Waals surface area (Å²) in [5, 5.41) is 6.82. The van der Waals surface area contributed by atoms with E-state index in [2.05, 4.69) is 10.4 Å². The Kier molecular flexibility index (Phi) is 2.96. The summed E-state index contributed by atoms with van der Waals surface area (Å²) in [7, 11) is 1.81. The van der Waals surface area contributed by atoms with Gasteiger partial charge in [0.15, 0.2) is 0 Å². The quantitative estimate of drug-likeness (QED) is 0.885. The van der Waals surface area contributed by atoms with Gasteiger partial charge in [-0.3, -0.25) is 9.48 Å². The van der Waals surface area contributed by atoms with Gasteiger partial charge in [0.25, 0.3) is 5.91 Å². The Morgan fingerprint density at radius 3 is 3.00 bits per heavy atom.